The highest BCUT2D eigenvalue weighted by Gasteiger charge is 2.30. The molecule has 0 saturated carbocycles. The monoisotopic (exact) mass is 277 g/mol. The third-order valence-corrected chi connectivity index (χ3v) is 5.20. The zero-order valence-corrected chi connectivity index (χ0v) is 11.7. The fraction of sp³-hybridized carbons (Fsp3) is 0.357. The highest BCUT2D eigenvalue weighted by molar-refractivity contribution is 7.10. The van der Waals surface area contributed by atoms with Gasteiger partial charge in [0, 0.05) is 16.3 Å². The zero-order valence-electron chi connectivity index (χ0n) is 10.0. The van der Waals surface area contributed by atoms with E-state index in [1.165, 1.54) is 4.88 Å². The van der Waals surface area contributed by atoms with Crippen LogP contribution < -0.4 is 0 Å². The Morgan fingerprint density at radius 1 is 1.28 bits per heavy atom. The summed E-state index contributed by atoms with van der Waals surface area (Å²) in [5, 5.41) is 4.12. The van der Waals surface area contributed by atoms with Crippen molar-refractivity contribution >= 4 is 28.6 Å². The smallest absolute Gasteiger partial charge is 0.228 e. The van der Waals surface area contributed by atoms with Gasteiger partial charge in [-0.15, -0.1) is 22.7 Å². The van der Waals surface area contributed by atoms with Crippen molar-refractivity contribution in [3.8, 4) is 0 Å². The van der Waals surface area contributed by atoms with E-state index in [-0.39, 0.29) is 5.91 Å². The first kappa shape index (κ1) is 11.9. The Labute approximate surface area is 115 Å². The molecule has 1 saturated heterocycles. The van der Waals surface area contributed by atoms with E-state index in [0.29, 0.717) is 12.5 Å². The lowest BCUT2D eigenvalue weighted by atomic mass is 10.2. The number of hydrogen-bond acceptors (Lipinski definition) is 3. The molecule has 2 aromatic heterocycles. The summed E-state index contributed by atoms with van der Waals surface area (Å²) < 4.78 is 0. The fourth-order valence-electron chi connectivity index (χ4n) is 2.51. The van der Waals surface area contributed by atoms with Crippen LogP contribution in [-0.4, -0.2) is 17.4 Å². The Hall–Kier alpha value is -1.13. The van der Waals surface area contributed by atoms with Crippen LogP contribution in [0.3, 0.4) is 0 Å². The molecular weight excluding hydrogens is 262 g/mol. The van der Waals surface area contributed by atoms with Crippen LogP contribution in [0, 0.1) is 0 Å². The molecule has 18 heavy (non-hydrogen) atoms. The third-order valence-electron chi connectivity index (χ3n) is 3.35. The Morgan fingerprint density at radius 2 is 2.11 bits per heavy atom. The highest BCUT2D eigenvalue weighted by atomic mass is 32.1. The molecule has 1 aliphatic rings. The van der Waals surface area contributed by atoms with Gasteiger partial charge in [0.15, 0.2) is 0 Å². The number of amides is 1. The molecule has 3 rings (SSSR count). The van der Waals surface area contributed by atoms with Gasteiger partial charge in [-0.2, -0.15) is 0 Å². The molecule has 2 nitrogen and oxygen atoms in total. The maximum absolute atomic E-state index is 12.4. The summed E-state index contributed by atoms with van der Waals surface area (Å²) in [5.74, 6) is 0.272. The molecule has 1 amide bonds. The SMILES string of the molecule is O=C(Cc1cccs1)N1CCC[C@@H]1c1cccs1. The molecule has 0 unspecified atom stereocenters. The summed E-state index contributed by atoms with van der Waals surface area (Å²) in [7, 11) is 0. The summed E-state index contributed by atoms with van der Waals surface area (Å²) in [5.41, 5.74) is 0. The van der Waals surface area contributed by atoms with Gasteiger partial charge in [-0.3, -0.25) is 4.79 Å². The van der Waals surface area contributed by atoms with Crippen molar-refractivity contribution in [2.75, 3.05) is 6.54 Å². The van der Waals surface area contributed by atoms with Crippen LogP contribution >= 0.6 is 22.7 Å². The Balaban J connectivity index is 1.73. The average Bonchev–Trinajstić information content (AvgIpc) is 3.11. The van der Waals surface area contributed by atoms with Crippen molar-refractivity contribution in [3.63, 3.8) is 0 Å². The van der Waals surface area contributed by atoms with Crippen LogP contribution in [0.4, 0.5) is 0 Å². The van der Waals surface area contributed by atoms with E-state index in [1.54, 1.807) is 22.7 Å². The normalized spacial score (nSPS) is 19.3. The largest absolute Gasteiger partial charge is 0.335 e. The van der Waals surface area contributed by atoms with Gasteiger partial charge in [0.05, 0.1) is 12.5 Å². The Bertz CT molecular complexity index is 504. The Kier molecular flexibility index (Phi) is 3.48. The second kappa shape index (κ2) is 5.24. The third kappa shape index (κ3) is 2.35. The molecule has 94 valence electrons. The van der Waals surface area contributed by atoms with Crippen molar-refractivity contribution < 1.29 is 4.79 Å². The van der Waals surface area contributed by atoms with Crippen LogP contribution in [0.5, 0.6) is 0 Å². The van der Waals surface area contributed by atoms with Crippen molar-refractivity contribution in [2.45, 2.75) is 25.3 Å². The molecule has 1 fully saturated rings. The van der Waals surface area contributed by atoms with E-state index in [9.17, 15) is 4.79 Å². The van der Waals surface area contributed by atoms with Crippen LogP contribution in [0.2, 0.25) is 0 Å². The predicted molar refractivity (Wildman–Crippen MR) is 76.0 cm³/mol. The quantitative estimate of drug-likeness (QED) is 0.837. The minimum absolute atomic E-state index is 0.272. The predicted octanol–water partition coefficient (Wildman–Crippen LogP) is 3.72. The van der Waals surface area contributed by atoms with Crippen LogP contribution in [0.1, 0.15) is 28.6 Å². The van der Waals surface area contributed by atoms with Gasteiger partial charge in [0.25, 0.3) is 0 Å². The molecule has 0 spiro atoms. The Morgan fingerprint density at radius 3 is 2.83 bits per heavy atom. The number of thiophene rings is 2. The van der Waals surface area contributed by atoms with Crippen LogP contribution in [0.15, 0.2) is 35.0 Å². The fourth-order valence-corrected chi connectivity index (χ4v) is 4.08. The molecule has 2 aromatic rings. The van der Waals surface area contributed by atoms with Crippen LogP contribution in [0.25, 0.3) is 0 Å². The topological polar surface area (TPSA) is 20.3 Å². The van der Waals surface area contributed by atoms with Crippen molar-refractivity contribution in [1.82, 2.24) is 4.90 Å². The molecule has 3 heterocycles. The van der Waals surface area contributed by atoms with Gasteiger partial charge in [0.2, 0.25) is 5.91 Å². The first-order valence-electron chi connectivity index (χ1n) is 6.20. The maximum Gasteiger partial charge on any atom is 0.228 e. The molecule has 1 aliphatic heterocycles. The number of rotatable bonds is 3. The zero-order chi connectivity index (χ0) is 12.4. The highest BCUT2D eigenvalue weighted by Crippen LogP contribution is 2.34. The van der Waals surface area contributed by atoms with E-state index in [4.69, 9.17) is 0 Å². The molecule has 0 aliphatic carbocycles. The summed E-state index contributed by atoms with van der Waals surface area (Å²) in [6.07, 6.45) is 2.79. The molecular formula is C14H15NOS2. The molecule has 0 bridgehead atoms. The van der Waals surface area contributed by atoms with Crippen molar-refractivity contribution in [1.29, 1.82) is 0 Å². The number of hydrogen-bond donors (Lipinski definition) is 0. The van der Waals surface area contributed by atoms with Crippen molar-refractivity contribution in [2.24, 2.45) is 0 Å². The molecule has 0 radical (unpaired) electrons. The van der Waals surface area contributed by atoms with Gasteiger partial charge >= 0.3 is 0 Å². The molecule has 1 atom stereocenters. The summed E-state index contributed by atoms with van der Waals surface area (Å²) in [6, 6.07) is 8.58. The standard InChI is InChI=1S/C14H15NOS2/c16-14(10-11-4-2-8-17-11)15-7-1-5-12(15)13-6-3-9-18-13/h2-4,6,8-9,12H,1,5,7,10H2/t12-/m1/s1. The molecule has 4 heteroatoms. The minimum atomic E-state index is 0.272. The van der Waals surface area contributed by atoms with E-state index in [1.807, 2.05) is 17.5 Å². The lowest BCUT2D eigenvalue weighted by Gasteiger charge is -2.23. The number of nitrogens with zero attached hydrogens (tertiary/aromatic N) is 1. The van der Waals surface area contributed by atoms with Crippen LogP contribution in [-0.2, 0) is 11.2 Å². The number of carbonyl (C=O) groups is 1. The van der Waals surface area contributed by atoms with Gasteiger partial charge in [-0.25, -0.2) is 0 Å². The lowest BCUT2D eigenvalue weighted by Crippen LogP contribution is -2.31. The van der Waals surface area contributed by atoms with Crippen molar-refractivity contribution in [3.05, 3.63) is 44.8 Å². The van der Waals surface area contributed by atoms with E-state index < -0.39 is 0 Å². The average molecular weight is 277 g/mol. The number of likely N-dealkylation sites (tertiary alicyclic amines) is 1. The second-order valence-corrected chi connectivity index (χ2v) is 6.53. The summed E-state index contributed by atoms with van der Waals surface area (Å²) in [4.78, 5) is 16.9. The van der Waals surface area contributed by atoms with Gasteiger partial charge in [0.1, 0.15) is 0 Å². The minimum Gasteiger partial charge on any atom is -0.335 e. The summed E-state index contributed by atoms with van der Waals surface area (Å²) >= 11 is 3.42. The number of carbonyl (C=O) groups excluding carboxylic acids is 1. The van der Waals surface area contributed by atoms with Gasteiger partial charge < -0.3 is 4.90 Å². The summed E-state index contributed by atoms with van der Waals surface area (Å²) in [6.45, 7) is 0.909. The van der Waals surface area contributed by atoms with Gasteiger partial charge in [-0.05, 0) is 35.7 Å². The second-order valence-electron chi connectivity index (χ2n) is 4.52. The molecule has 0 aromatic carbocycles. The van der Waals surface area contributed by atoms with Gasteiger partial charge in [-0.1, -0.05) is 12.1 Å². The van der Waals surface area contributed by atoms with E-state index in [2.05, 4.69) is 22.4 Å². The molecule has 0 N–H and O–H groups in total. The van der Waals surface area contributed by atoms with E-state index >= 15 is 0 Å². The lowest BCUT2D eigenvalue weighted by molar-refractivity contribution is -0.131. The first-order chi connectivity index (χ1) is 8.84. The maximum atomic E-state index is 12.4. The van der Waals surface area contributed by atoms with E-state index in [0.717, 1.165) is 24.3 Å². The first-order valence-corrected chi connectivity index (χ1v) is 7.96.